The summed E-state index contributed by atoms with van der Waals surface area (Å²) in [6.45, 7) is -0.0258. The Bertz CT molecular complexity index is 2080. The maximum absolute atomic E-state index is 13.8. The van der Waals surface area contributed by atoms with Crippen molar-refractivity contribution in [2.75, 3.05) is 0 Å². The normalized spacial score (nSPS) is 12.4. The lowest BCUT2D eigenvalue weighted by Crippen LogP contribution is -2.28. The highest BCUT2D eigenvalue weighted by molar-refractivity contribution is 6.02. The summed E-state index contributed by atoms with van der Waals surface area (Å²) in [6, 6.07) is 17.3. The minimum absolute atomic E-state index is 0.0129. The van der Waals surface area contributed by atoms with Gasteiger partial charge in [0.15, 0.2) is 0 Å². The Morgan fingerprint density at radius 1 is 0.545 bits per heavy atom. The van der Waals surface area contributed by atoms with Gasteiger partial charge < -0.3 is 5.73 Å². The number of halogens is 3. The second-order valence-electron chi connectivity index (χ2n) is 10.8. The summed E-state index contributed by atoms with van der Waals surface area (Å²) in [7, 11) is 0. The van der Waals surface area contributed by atoms with Crippen LogP contribution in [0, 0.1) is 17.5 Å². The molecule has 0 radical (unpaired) electrons. The van der Waals surface area contributed by atoms with Crippen molar-refractivity contribution in [2.45, 2.75) is 38.4 Å². The number of fused-ring (bicyclic) bond motifs is 2. The van der Waals surface area contributed by atoms with Gasteiger partial charge in [-0.25, -0.2) is 13.2 Å². The molecule has 0 saturated carbocycles. The van der Waals surface area contributed by atoms with Crippen LogP contribution in [0.1, 0.15) is 28.3 Å². The van der Waals surface area contributed by atoms with E-state index < -0.39 is 45.7 Å². The van der Waals surface area contributed by atoms with Crippen LogP contribution in [0.15, 0.2) is 98.0 Å². The van der Waals surface area contributed by atoms with Crippen LogP contribution >= 0.6 is 0 Å². The first-order chi connectivity index (χ1) is 21.1. The Morgan fingerprint density at radius 2 is 0.909 bits per heavy atom. The van der Waals surface area contributed by atoms with E-state index >= 15 is 0 Å². The summed E-state index contributed by atoms with van der Waals surface area (Å²) >= 11 is 0. The highest BCUT2D eigenvalue weighted by Crippen LogP contribution is 2.29. The molecule has 0 bridgehead atoms. The van der Waals surface area contributed by atoms with Crippen molar-refractivity contribution in [1.82, 2.24) is 9.13 Å². The van der Waals surface area contributed by atoms with E-state index in [1.165, 1.54) is 54.6 Å². The van der Waals surface area contributed by atoms with Crippen LogP contribution in [0.25, 0.3) is 21.5 Å². The molecule has 222 valence electrons. The Kier molecular flexibility index (Phi) is 7.60. The molecule has 0 amide bonds. The van der Waals surface area contributed by atoms with Gasteiger partial charge in [-0.2, -0.15) is 0 Å². The van der Waals surface area contributed by atoms with Gasteiger partial charge in [-0.1, -0.05) is 36.4 Å². The number of nitrogens with two attached hydrogens (primary N) is 1. The van der Waals surface area contributed by atoms with Crippen LogP contribution in [0.3, 0.4) is 0 Å². The molecule has 0 spiro atoms. The minimum Gasteiger partial charge on any atom is -0.324 e. The van der Waals surface area contributed by atoms with E-state index in [2.05, 4.69) is 0 Å². The van der Waals surface area contributed by atoms with E-state index in [9.17, 15) is 32.3 Å². The Balaban J connectivity index is 1.50. The first-order valence-electron chi connectivity index (χ1n) is 14.0. The predicted octanol–water partition coefficient (Wildman–Crippen LogP) is 4.06. The van der Waals surface area contributed by atoms with Gasteiger partial charge in [-0.15, -0.1) is 0 Å². The van der Waals surface area contributed by atoms with E-state index in [1.807, 2.05) is 0 Å². The molecule has 0 saturated heterocycles. The molecule has 6 aromatic rings. The number of aryl methyl sites for hydroxylation is 2. The predicted molar refractivity (Wildman–Crippen MR) is 162 cm³/mol. The summed E-state index contributed by atoms with van der Waals surface area (Å²) < 4.78 is 42.4. The molecule has 1 unspecified atom stereocenters. The van der Waals surface area contributed by atoms with Crippen LogP contribution in [0.2, 0.25) is 0 Å². The monoisotopic (exact) mass is 597 g/mol. The van der Waals surface area contributed by atoms with E-state index in [-0.39, 0.29) is 59.5 Å². The number of hydrogen-bond donors (Lipinski definition) is 1. The lowest BCUT2D eigenvalue weighted by Gasteiger charge is -2.14. The van der Waals surface area contributed by atoms with Gasteiger partial charge in [0.1, 0.15) is 17.5 Å². The number of rotatable bonds is 9. The lowest BCUT2D eigenvalue weighted by atomic mass is 9.92. The molecule has 10 heteroatoms. The minimum atomic E-state index is -0.994. The van der Waals surface area contributed by atoms with Gasteiger partial charge in [-0.3, -0.25) is 28.3 Å². The molecule has 1 atom stereocenters. The summed E-state index contributed by atoms with van der Waals surface area (Å²) in [6.07, 6.45) is 0.617. The molecule has 4 aromatic carbocycles. The van der Waals surface area contributed by atoms with Gasteiger partial charge in [0.05, 0.1) is 21.5 Å². The van der Waals surface area contributed by atoms with Crippen molar-refractivity contribution in [1.29, 1.82) is 0 Å². The number of hydrogen-bond acceptors (Lipinski definition) is 5. The zero-order valence-electron chi connectivity index (χ0n) is 23.4. The molecule has 2 heterocycles. The van der Waals surface area contributed by atoms with Gasteiger partial charge in [0.2, 0.25) is 0 Å². The summed E-state index contributed by atoms with van der Waals surface area (Å²) in [4.78, 5) is 54.8. The average Bonchev–Trinajstić information content (AvgIpc) is 3.40. The number of aromatic nitrogens is 2. The van der Waals surface area contributed by atoms with E-state index in [0.717, 1.165) is 9.13 Å². The van der Waals surface area contributed by atoms with Gasteiger partial charge in [-0.05, 0) is 84.0 Å². The standard InChI is InChI=1S/C34H26F3N3O4/c35-22-7-1-19(2-8-22)13-15-39-31(41)25-18-26-29(34(44)40(32(26)42)16-14-20-3-9-23(36)10-4-20)30(28(25)33(39)43)27(38)17-21-5-11-24(37)12-6-21/h1-12,18,27H,13-17,38H2. The number of nitrogens with zero attached hydrogens (tertiary/aromatic N) is 2. The summed E-state index contributed by atoms with van der Waals surface area (Å²) in [5, 5.41) is -0.133. The molecule has 6 rings (SSSR count). The quantitative estimate of drug-likeness (QED) is 0.271. The van der Waals surface area contributed by atoms with Gasteiger partial charge >= 0.3 is 0 Å². The molecule has 2 aromatic heterocycles. The topological polar surface area (TPSA) is 104 Å². The molecular formula is C34H26F3N3O4. The van der Waals surface area contributed by atoms with Crippen LogP contribution in [0.4, 0.5) is 13.2 Å². The van der Waals surface area contributed by atoms with Crippen molar-refractivity contribution in [3.63, 3.8) is 0 Å². The molecule has 0 aliphatic rings. The summed E-state index contributed by atoms with van der Waals surface area (Å²) in [5.74, 6) is -1.27. The molecule has 0 aliphatic heterocycles. The van der Waals surface area contributed by atoms with Gasteiger partial charge in [0, 0.05) is 19.1 Å². The second-order valence-corrected chi connectivity index (χ2v) is 10.8. The fourth-order valence-corrected chi connectivity index (χ4v) is 5.78. The molecule has 0 fully saturated rings. The highest BCUT2D eigenvalue weighted by Gasteiger charge is 2.27. The molecule has 0 aliphatic carbocycles. The van der Waals surface area contributed by atoms with Gasteiger partial charge in [0.25, 0.3) is 22.2 Å². The summed E-state index contributed by atoms with van der Waals surface area (Å²) in [5.41, 5.74) is 6.22. The maximum atomic E-state index is 13.8. The van der Waals surface area contributed by atoms with E-state index in [4.69, 9.17) is 5.73 Å². The maximum Gasteiger partial charge on any atom is 0.261 e. The van der Waals surface area contributed by atoms with Crippen molar-refractivity contribution < 1.29 is 13.2 Å². The Labute approximate surface area is 247 Å². The van der Waals surface area contributed by atoms with Crippen LogP contribution < -0.4 is 28.0 Å². The second kappa shape index (κ2) is 11.5. The zero-order valence-corrected chi connectivity index (χ0v) is 23.4. The fourth-order valence-electron chi connectivity index (χ4n) is 5.78. The third kappa shape index (κ3) is 5.28. The van der Waals surface area contributed by atoms with E-state index in [1.54, 1.807) is 24.3 Å². The SMILES string of the molecule is NC(Cc1ccc(F)cc1)c1c2c(=O)n(CCc3ccc(F)cc3)c(=O)c2cc2c(=O)n(CCc3ccc(F)cc3)c(=O)c12. The lowest BCUT2D eigenvalue weighted by molar-refractivity contribution is 0.624. The third-order valence-corrected chi connectivity index (χ3v) is 8.05. The first kappa shape index (κ1) is 29.0. The van der Waals surface area contributed by atoms with Crippen molar-refractivity contribution in [3.05, 3.63) is 160 Å². The number of benzene rings is 4. The van der Waals surface area contributed by atoms with Crippen molar-refractivity contribution in [3.8, 4) is 0 Å². The van der Waals surface area contributed by atoms with Crippen LogP contribution in [0.5, 0.6) is 0 Å². The Hall–Kier alpha value is -5.09. The smallest absolute Gasteiger partial charge is 0.261 e. The van der Waals surface area contributed by atoms with Crippen LogP contribution in [-0.2, 0) is 32.4 Å². The third-order valence-electron chi connectivity index (χ3n) is 8.05. The largest absolute Gasteiger partial charge is 0.324 e. The molecular weight excluding hydrogens is 571 g/mol. The Morgan fingerprint density at radius 3 is 1.30 bits per heavy atom. The first-order valence-corrected chi connectivity index (χ1v) is 14.0. The van der Waals surface area contributed by atoms with Crippen LogP contribution in [-0.4, -0.2) is 9.13 Å². The van der Waals surface area contributed by atoms with Crippen molar-refractivity contribution in [2.24, 2.45) is 5.73 Å². The average molecular weight is 598 g/mol. The molecule has 7 nitrogen and oxygen atoms in total. The van der Waals surface area contributed by atoms with E-state index in [0.29, 0.717) is 16.7 Å². The molecule has 2 N–H and O–H groups in total. The molecule has 44 heavy (non-hydrogen) atoms. The van der Waals surface area contributed by atoms with Crippen molar-refractivity contribution >= 4 is 21.5 Å². The fraction of sp³-hybridized carbons (Fsp3) is 0.176. The highest BCUT2D eigenvalue weighted by atomic mass is 19.1. The zero-order chi connectivity index (χ0) is 31.1.